The van der Waals surface area contributed by atoms with Crippen molar-refractivity contribution in [1.29, 1.82) is 0 Å². The van der Waals surface area contributed by atoms with Gasteiger partial charge in [0, 0.05) is 22.7 Å². The van der Waals surface area contributed by atoms with Crippen LogP contribution in [0.5, 0.6) is 11.5 Å². The lowest BCUT2D eigenvalue weighted by Gasteiger charge is -2.37. The molecule has 2 fully saturated rings. The van der Waals surface area contributed by atoms with Crippen LogP contribution in [0.25, 0.3) is 22.4 Å². The van der Waals surface area contributed by atoms with Gasteiger partial charge in [-0.15, -0.1) is 0 Å². The molecule has 2 aliphatic carbocycles. The van der Waals surface area contributed by atoms with E-state index in [1.807, 2.05) is 16.7 Å². The van der Waals surface area contributed by atoms with Crippen LogP contribution >= 0.6 is 11.6 Å². The van der Waals surface area contributed by atoms with Crippen LogP contribution in [0.2, 0.25) is 5.02 Å². The largest absolute Gasteiger partial charge is 0.491 e. The molecule has 2 saturated carbocycles. The number of hydrogen-bond acceptors (Lipinski definition) is 4. The summed E-state index contributed by atoms with van der Waals surface area (Å²) in [5.74, 6) is -0.881. The molecular weight excluding hydrogens is 550 g/mol. The number of carboxylic acid groups (broad SMARTS) is 1. The molecule has 214 valence electrons. The first-order valence-corrected chi connectivity index (χ1v) is 14.5. The third-order valence-electron chi connectivity index (χ3n) is 8.47. The molecule has 0 aliphatic heterocycles. The van der Waals surface area contributed by atoms with Crippen molar-refractivity contribution in [3.63, 3.8) is 0 Å². The molecular formula is C32H31ClF2N2O4. The van der Waals surface area contributed by atoms with Gasteiger partial charge in [-0.05, 0) is 86.6 Å². The number of carbonyl (C=O) groups is 1. The van der Waals surface area contributed by atoms with Crippen LogP contribution in [0.15, 0.2) is 60.7 Å². The van der Waals surface area contributed by atoms with Gasteiger partial charge in [0.15, 0.2) is 11.6 Å². The van der Waals surface area contributed by atoms with E-state index in [0.717, 1.165) is 50.2 Å². The molecule has 2 aliphatic rings. The average Bonchev–Trinajstić information content (AvgIpc) is 3.30. The van der Waals surface area contributed by atoms with Gasteiger partial charge >= 0.3 is 5.97 Å². The quantitative estimate of drug-likeness (QED) is 0.216. The molecule has 4 aromatic rings. The van der Waals surface area contributed by atoms with Gasteiger partial charge in [0.1, 0.15) is 23.9 Å². The lowest BCUT2D eigenvalue weighted by molar-refractivity contribution is -0.163. The van der Waals surface area contributed by atoms with Crippen molar-refractivity contribution in [2.45, 2.75) is 63.0 Å². The summed E-state index contributed by atoms with van der Waals surface area (Å²) in [5.41, 5.74) is 0.525. The summed E-state index contributed by atoms with van der Waals surface area (Å²) in [6.45, 7) is 0.287. The molecule has 0 amide bonds. The normalized spacial score (nSPS) is 17.6. The van der Waals surface area contributed by atoms with Crippen molar-refractivity contribution in [2.24, 2.45) is 5.92 Å². The van der Waals surface area contributed by atoms with Crippen LogP contribution in [0, 0.1) is 17.6 Å². The number of imidazole rings is 1. The predicted molar refractivity (Wildman–Crippen MR) is 152 cm³/mol. The minimum Gasteiger partial charge on any atom is -0.491 e. The molecule has 1 heterocycles. The number of aliphatic carboxylic acids is 1. The first-order chi connectivity index (χ1) is 19.8. The molecule has 1 aromatic heterocycles. The van der Waals surface area contributed by atoms with Gasteiger partial charge in [0.2, 0.25) is 5.60 Å². The van der Waals surface area contributed by atoms with E-state index < -0.39 is 23.2 Å². The number of fused-ring (bicyclic) bond motifs is 1. The lowest BCUT2D eigenvalue weighted by atomic mass is 9.80. The van der Waals surface area contributed by atoms with Crippen molar-refractivity contribution < 1.29 is 28.2 Å². The summed E-state index contributed by atoms with van der Waals surface area (Å²) in [4.78, 5) is 16.4. The zero-order chi connectivity index (χ0) is 28.6. The van der Waals surface area contributed by atoms with E-state index in [1.165, 1.54) is 6.07 Å². The number of carboxylic acids is 1. The molecule has 41 heavy (non-hydrogen) atoms. The Hall–Kier alpha value is -3.65. The van der Waals surface area contributed by atoms with Crippen molar-refractivity contribution in [1.82, 2.24) is 9.55 Å². The van der Waals surface area contributed by atoms with E-state index in [4.69, 9.17) is 26.1 Å². The molecule has 0 radical (unpaired) electrons. The molecule has 3 aromatic carbocycles. The van der Waals surface area contributed by atoms with Gasteiger partial charge in [-0.2, -0.15) is 0 Å². The summed E-state index contributed by atoms with van der Waals surface area (Å²) < 4.78 is 43.0. The van der Waals surface area contributed by atoms with Crippen LogP contribution in [-0.2, 0) is 4.79 Å². The Balaban J connectivity index is 1.33. The molecule has 9 heteroatoms. The molecule has 0 bridgehead atoms. The van der Waals surface area contributed by atoms with Gasteiger partial charge in [-0.3, -0.25) is 0 Å². The zero-order valence-corrected chi connectivity index (χ0v) is 23.2. The Morgan fingerprint density at radius 1 is 0.976 bits per heavy atom. The molecule has 1 N–H and O–H groups in total. The van der Waals surface area contributed by atoms with E-state index in [9.17, 15) is 18.7 Å². The van der Waals surface area contributed by atoms with Gasteiger partial charge in [-0.25, -0.2) is 18.6 Å². The van der Waals surface area contributed by atoms with Gasteiger partial charge in [-0.1, -0.05) is 30.9 Å². The van der Waals surface area contributed by atoms with Gasteiger partial charge in [0.25, 0.3) is 0 Å². The minimum atomic E-state index is -1.15. The Bertz CT molecular complexity index is 1540. The van der Waals surface area contributed by atoms with Gasteiger partial charge < -0.3 is 19.1 Å². The van der Waals surface area contributed by atoms with Crippen molar-refractivity contribution >= 4 is 28.6 Å². The number of rotatable bonds is 9. The first kappa shape index (κ1) is 27.5. The molecule has 0 saturated heterocycles. The number of ether oxygens (including phenoxy) is 2. The van der Waals surface area contributed by atoms with Crippen molar-refractivity contribution in [3.05, 3.63) is 77.3 Å². The highest BCUT2D eigenvalue weighted by atomic mass is 35.5. The number of halogens is 3. The van der Waals surface area contributed by atoms with E-state index >= 15 is 0 Å². The molecule has 1 unspecified atom stereocenters. The monoisotopic (exact) mass is 580 g/mol. The predicted octanol–water partition coefficient (Wildman–Crippen LogP) is 8.22. The Kier molecular flexibility index (Phi) is 7.60. The molecule has 0 spiro atoms. The highest BCUT2D eigenvalue weighted by molar-refractivity contribution is 6.30. The fourth-order valence-corrected chi connectivity index (χ4v) is 6.16. The second-order valence-corrected chi connectivity index (χ2v) is 11.5. The smallest absolute Gasteiger partial charge is 0.348 e. The van der Waals surface area contributed by atoms with E-state index in [0.29, 0.717) is 46.2 Å². The summed E-state index contributed by atoms with van der Waals surface area (Å²) in [6, 6.07) is 16.4. The first-order valence-electron chi connectivity index (χ1n) is 14.1. The third kappa shape index (κ3) is 5.49. The Morgan fingerprint density at radius 3 is 2.27 bits per heavy atom. The summed E-state index contributed by atoms with van der Waals surface area (Å²) in [6.07, 6.45) is 7.12. The maximum Gasteiger partial charge on any atom is 0.348 e. The summed E-state index contributed by atoms with van der Waals surface area (Å²) >= 11 is 6.15. The fraction of sp³-hybridized carbons (Fsp3) is 0.375. The maximum atomic E-state index is 14.6. The molecule has 6 rings (SSSR count). The molecule has 1 atom stereocenters. The third-order valence-corrected chi connectivity index (χ3v) is 8.72. The summed E-state index contributed by atoms with van der Waals surface area (Å²) in [5, 5.41) is 10.2. The fourth-order valence-electron chi connectivity index (χ4n) is 6.04. The highest BCUT2D eigenvalue weighted by Crippen LogP contribution is 2.40. The Labute approximate surface area is 241 Å². The van der Waals surface area contributed by atoms with Crippen LogP contribution < -0.4 is 9.47 Å². The SMILES string of the molecule is O=C(O)C1(Oc2ccc(OCC(C3CCCCC3)n3c(-c4ccc(Cl)cc4)nc4cc(F)c(F)cc43)cc2)CCC1. The standard InChI is InChI=1S/C32H31ClF2N2O4/c33-22-9-7-21(8-10-22)30-36-27-17-25(34)26(35)18-28(27)37(30)29(20-5-2-1-3-6-20)19-40-23-11-13-24(14-12-23)41-32(31(38)39)15-4-16-32/h7-14,17-18,20,29H,1-6,15-16,19H2,(H,38,39). The van der Waals surface area contributed by atoms with E-state index in [1.54, 1.807) is 36.4 Å². The van der Waals surface area contributed by atoms with Crippen molar-refractivity contribution in [3.8, 4) is 22.9 Å². The second-order valence-electron chi connectivity index (χ2n) is 11.1. The average molecular weight is 581 g/mol. The van der Waals surface area contributed by atoms with Crippen LogP contribution in [-0.4, -0.2) is 32.8 Å². The molecule has 6 nitrogen and oxygen atoms in total. The lowest BCUT2D eigenvalue weighted by Crippen LogP contribution is -2.50. The van der Waals surface area contributed by atoms with Gasteiger partial charge in [0.05, 0.1) is 17.1 Å². The Morgan fingerprint density at radius 2 is 1.63 bits per heavy atom. The number of aromatic nitrogens is 2. The second kappa shape index (κ2) is 11.3. The summed E-state index contributed by atoms with van der Waals surface area (Å²) in [7, 11) is 0. The minimum absolute atomic E-state index is 0.197. The van der Waals surface area contributed by atoms with Crippen molar-refractivity contribution in [2.75, 3.05) is 6.61 Å². The highest BCUT2D eigenvalue weighted by Gasteiger charge is 2.47. The number of benzene rings is 3. The van der Waals surface area contributed by atoms with Crippen LogP contribution in [0.1, 0.15) is 57.4 Å². The number of nitrogens with zero attached hydrogens (tertiary/aromatic N) is 2. The topological polar surface area (TPSA) is 73.6 Å². The van der Waals surface area contributed by atoms with Crippen LogP contribution in [0.3, 0.4) is 0 Å². The zero-order valence-electron chi connectivity index (χ0n) is 22.5. The number of hydrogen-bond donors (Lipinski definition) is 1. The van der Waals surface area contributed by atoms with E-state index in [-0.39, 0.29) is 18.6 Å². The van der Waals surface area contributed by atoms with E-state index in [2.05, 4.69) is 0 Å². The van der Waals surface area contributed by atoms with Crippen LogP contribution in [0.4, 0.5) is 8.78 Å². The maximum absolute atomic E-state index is 14.6.